The second kappa shape index (κ2) is 9.69. The number of ether oxygens (including phenoxy) is 2. The molecule has 0 saturated heterocycles. The zero-order chi connectivity index (χ0) is 21.6. The molecule has 0 aliphatic heterocycles. The maximum atomic E-state index is 11.2. The number of esters is 1. The fourth-order valence-electron chi connectivity index (χ4n) is 3.32. The Labute approximate surface area is 185 Å². The predicted octanol–water partition coefficient (Wildman–Crippen LogP) is 5.61. The van der Waals surface area contributed by atoms with E-state index in [1.165, 1.54) is 4.90 Å². The summed E-state index contributed by atoms with van der Waals surface area (Å²) in [6.45, 7) is 3.21. The lowest BCUT2D eigenvalue weighted by Crippen LogP contribution is -2.24. The number of hydrogen-bond donors (Lipinski definition) is 1. The fraction of sp³-hybridized carbons (Fsp3) is 0.115. The Kier molecular flexibility index (Phi) is 6.55. The van der Waals surface area contributed by atoms with Gasteiger partial charge in [0, 0.05) is 26.6 Å². The largest absolute Gasteiger partial charge is 0.489 e. The van der Waals surface area contributed by atoms with Gasteiger partial charge in [-0.2, -0.15) is 0 Å². The number of rotatable bonds is 8. The first-order valence-electron chi connectivity index (χ1n) is 9.92. The molecular formula is C26H22O4S. The molecule has 156 valence electrons. The molecule has 4 nitrogen and oxygen atoms in total. The van der Waals surface area contributed by atoms with Gasteiger partial charge in [0.1, 0.15) is 25.1 Å². The number of fused-ring (bicyclic) bond motifs is 2. The maximum Gasteiger partial charge on any atom is 0.330 e. The molecule has 0 radical (unpaired) electrons. The number of aliphatic hydroxyl groups is 1. The van der Waals surface area contributed by atoms with E-state index in [1.54, 1.807) is 11.8 Å². The molecular weight excluding hydrogens is 408 g/mol. The van der Waals surface area contributed by atoms with Crippen molar-refractivity contribution in [3.63, 3.8) is 0 Å². The third-order valence-corrected chi connectivity index (χ3v) is 5.77. The third-order valence-electron chi connectivity index (χ3n) is 4.77. The van der Waals surface area contributed by atoms with Crippen LogP contribution in [0.5, 0.6) is 5.75 Å². The average Bonchev–Trinajstić information content (AvgIpc) is 2.80. The Hall–Kier alpha value is -3.28. The van der Waals surface area contributed by atoms with E-state index in [9.17, 15) is 9.90 Å². The van der Waals surface area contributed by atoms with Crippen LogP contribution in [0.3, 0.4) is 0 Å². The van der Waals surface area contributed by atoms with Crippen molar-refractivity contribution in [2.45, 2.75) is 15.9 Å². The Morgan fingerprint density at radius 3 is 2.45 bits per heavy atom. The van der Waals surface area contributed by atoms with Crippen LogP contribution in [0.15, 0.2) is 101 Å². The van der Waals surface area contributed by atoms with Gasteiger partial charge >= 0.3 is 5.97 Å². The molecule has 0 fully saturated rings. The summed E-state index contributed by atoms with van der Waals surface area (Å²) < 4.78 is 10.9. The Morgan fingerprint density at radius 2 is 1.65 bits per heavy atom. The highest BCUT2D eigenvalue weighted by Gasteiger charge is 2.13. The molecule has 1 N–H and O–H groups in total. The predicted molar refractivity (Wildman–Crippen MR) is 125 cm³/mol. The van der Waals surface area contributed by atoms with Gasteiger partial charge in [-0.1, -0.05) is 60.8 Å². The third kappa shape index (κ3) is 5.08. The molecule has 0 saturated carbocycles. The van der Waals surface area contributed by atoms with Crippen LogP contribution in [0.2, 0.25) is 0 Å². The van der Waals surface area contributed by atoms with Crippen molar-refractivity contribution in [3.8, 4) is 5.75 Å². The van der Waals surface area contributed by atoms with Gasteiger partial charge in [0.2, 0.25) is 0 Å². The topological polar surface area (TPSA) is 55.8 Å². The first-order chi connectivity index (χ1) is 15.1. The molecule has 31 heavy (non-hydrogen) atoms. The first kappa shape index (κ1) is 21.0. The number of carbonyl (C=O) groups is 1. The zero-order valence-electron chi connectivity index (χ0n) is 16.9. The van der Waals surface area contributed by atoms with Gasteiger partial charge in [0.25, 0.3) is 0 Å². The van der Waals surface area contributed by atoms with Crippen molar-refractivity contribution in [3.05, 3.63) is 91.5 Å². The van der Waals surface area contributed by atoms with E-state index < -0.39 is 12.1 Å². The molecule has 4 aromatic carbocycles. The van der Waals surface area contributed by atoms with Crippen molar-refractivity contribution in [2.75, 3.05) is 13.2 Å². The average molecular weight is 431 g/mol. The van der Waals surface area contributed by atoms with Crippen LogP contribution in [0.1, 0.15) is 0 Å². The van der Waals surface area contributed by atoms with Crippen molar-refractivity contribution in [1.82, 2.24) is 0 Å². The van der Waals surface area contributed by atoms with Gasteiger partial charge in [0.15, 0.2) is 0 Å². The van der Waals surface area contributed by atoms with Gasteiger partial charge in [0.05, 0.1) is 0 Å². The summed E-state index contributed by atoms with van der Waals surface area (Å²) in [7, 11) is 0. The molecule has 0 heterocycles. The Bertz CT molecular complexity index is 1220. The summed E-state index contributed by atoms with van der Waals surface area (Å²) in [6.07, 6.45) is 0.127. The number of hydrogen-bond acceptors (Lipinski definition) is 5. The molecule has 0 amide bonds. The lowest BCUT2D eigenvalue weighted by Gasteiger charge is -2.16. The highest BCUT2D eigenvalue weighted by molar-refractivity contribution is 7.99. The van der Waals surface area contributed by atoms with Crippen molar-refractivity contribution < 1.29 is 19.4 Å². The standard InChI is InChI=1S/C26H22O4S/c1-2-25(28)29-16-20(27)17-30-26-23-11-7-6-8-18(23)14-19-15-22(12-13-24(19)26)31-21-9-4-3-5-10-21/h2-15,20,27H,1,16-17H2. The van der Waals surface area contributed by atoms with Gasteiger partial charge < -0.3 is 14.6 Å². The summed E-state index contributed by atoms with van der Waals surface area (Å²) in [5.41, 5.74) is 0. The van der Waals surface area contributed by atoms with E-state index in [0.717, 1.165) is 32.5 Å². The van der Waals surface area contributed by atoms with Crippen LogP contribution in [0, 0.1) is 0 Å². The fourth-order valence-corrected chi connectivity index (χ4v) is 4.21. The minimum Gasteiger partial charge on any atom is -0.489 e. The zero-order valence-corrected chi connectivity index (χ0v) is 17.7. The van der Waals surface area contributed by atoms with Crippen LogP contribution in [-0.4, -0.2) is 30.4 Å². The number of aliphatic hydroxyl groups excluding tert-OH is 1. The van der Waals surface area contributed by atoms with Gasteiger partial charge in [-0.3, -0.25) is 0 Å². The Morgan fingerprint density at radius 1 is 0.903 bits per heavy atom. The number of carbonyl (C=O) groups excluding carboxylic acids is 1. The normalized spacial score (nSPS) is 11.9. The molecule has 1 atom stereocenters. The van der Waals surface area contributed by atoms with Crippen LogP contribution in [-0.2, 0) is 9.53 Å². The van der Waals surface area contributed by atoms with Gasteiger partial charge in [-0.25, -0.2) is 4.79 Å². The molecule has 0 aliphatic rings. The van der Waals surface area contributed by atoms with E-state index in [1.807, 2.05) is 48.5 Å². The summed E-state index contributed by atoms with van der Waals surface area (Å²) in [4.78, 5) is 13.5. The smallest absolute Gasteiger partial charge is 0.330 e. The molecule has 0 aromatic heterocycles. The minimum absolute atomic E-state index is 0.00798. The SMILES string of the molecule is C=CC(=O)OCC(O)COc1c2ccccc2cc2cc(Sc3ccccc3)ccc12. The van der Waals surface area contributed by atoms with Crippen LogP contribution in [0.4, 0.5) is 0 Å². The minimum atomic E-state index is -0.939. The second-order valence-electron chi connectivity index (χ2n) is 7.02. The molecule has 5 heteroatoms. The van der Waals surface area contributed by atoms with Crippen LogP contribution < -0.4 is 4.74 Å². The molecule has 4 aromatic rings. The lowest BCUT2D eigenvalue weighted by molar-refractivity contribution is -0.141. The van der Waals surface area contributed by atoms with E-state index in [4.69, 9.17) is 9.47 Å². The molecule has 0 spiro atoms. The second-order valence-corrected chi connectivity index (χ2v) is 8.17. The van der Waals surface area contributed by atoms with E-state index in [-0.39, 0.29) is 13.2 Å². The highest BCUT2D eigenvalue weighted by atomic mass is 32.2. The molecule has 4 rings (SSSR count). The van der Waals surface area contributed by atoms with Crippen LogP contribution >= 0.6 is 11.8 Å². The van der Waals surface area contributed by atoms with E-state index >= 15 is 0 Å². The van der Waals surface area contributed by atoms with E-state index in [0.29, 0.717) is 5.75 Å². The maximum absolute atomic E-state index is 11.2. The van der Waals surface area contributed by atoms with E-state index in [2.05, 4.69) is 36.9 Å². The summed E-state index contributed by atoms with van der Waals surface area (Å²) >= 11 is 1.71. The lowest BCUT2D eigenvalue weighted by atomic mass is 10.0. The molecule has 1 unspecified atom stereocenters. The number of benzene rings is 4. The molecule has 0 bridgehead atoms. The van der Waals surface area contributed by atoms with Crippen molar-refractivity contribution in [2.24, 2.45) is 0 Å². The van der Waals surface area contributed by atoms with Crippen molar-refractivity contribution >= 4 is 39.3 Å². The molecule has 0 aliphatic carbocycles. The van der Waals surface area contributed by atoms with Gasteiger partial charge in [-0.05, 0) is 47.2 Å². The summed E-state index contributed by atoms with van der Waals surface area (Å²) in [6, 6.07) is 26.7. The first-order valence-corrected chi connectivity index (χ1v) is 10.7. The monoisotopic (exact) mass is 430 g/mol. The van der Waals surface area contributed by atoms with Gasteiger partial charge in [-0.15, -0.1) is 0 Å². The quantitative estimate of drug-likeness (QED) is 0.224. The van der Waals surface area contributed by atoms with Crippen molar-refractivity contribution in [1.29, 1.82) is 0 Å². The summed E-state index contributed by atoms with van der Waals surface area (Å²) in [5.74, 6) is 0.136. The summed E-state index contributed by atoms with van der Waals surface area (Å²) in [5, 5.41) is 14.2. The highest BCUT2D eigenvalue weighted by Crippen LogP contribution is 2.38. The van der Waals surface area contributed by atoms with Crippen LogP contribution in [0.25, 0.3) is 21.5 Å². The Balaban J connectivity index is 1.63.